The summed E-state index contributed by atoms with van der Waals surface area (Å²) in [6.07, 6.45) is 7.24. The van der Waals surface area contributed by atoms with Crippen LogP contribution in [-0.4, -0.2) is 63.7 Å². The lowest BCUT2D eigenvalue weighted by atomic mass is 10.1. The number of hydrogen-bond donors (Lipinski definition) is 0. The van der Waals surface area contributed by atoms with E-state index in [1.165, 1.54) is 10.9 Å². The molecule has 3 aromatic rings. The molecule has 3 fully saturated rings. The lowest BCUT2D eigenvalue weighted by Gasteiger charge is -2.31. The summed E-state index contributed by atoms with van der Waals surface area (Å²) in [5.41, 5.74) is 1.07. The van der Waals surface area contributed by atoms with Crippen molar-refractivity contribution in [1.82, 2.24) is 24.4 Å². The molecular formula is C20H22N6O2. The molecule has 28 heavy (non-hydrogen) atoms. The summed E-state index contributed by atoms with van der Waals surface area (Å²) in [5, 5.41) is 0.533. The van der Waals surface area contributed by atoms with Gasteiger partial charge in [-0.05, 0) is 25.0 Å². The van der Waals surface area contributed by atoms with Crippen molar-refractivity contribution in [3.8, 4) is 11.4 Å². The van der Waals surface area contributed by atoms with E-state index in [0.29, 0.717) is 28.4 Å². The largest absolute Gasteiger partial charge is 0.497 e. The number of rotatable bonds is 3. The maximum Gasteiger partial charge on any atom is 0.265 e. The van der Waals surface area contributed by atoms with E-state index >= 15 is 0 Å². The minimum absolute atomic E-state index is 0.148. The van der Waals surface area contributed by atoms with E-state index in [4.69, 9.17) is 4.74 Å². The molecule has 0 saturated carbocycles. The number of hydrogen-bond acceptors (Lipinski definition) is 7. The molecule has 0 aliphatic carbocycles. The molecule has 0 atom stereocenters. The molecule has 2 aromatic heterocycles. The van der Waals surface area contributed by atoms with E-state index < -0.39 is 0 Å². The van der Waals surface area contributed by atoms with Crippen LogP contribution in [0.5, 0.6) is 5.75 Å². The zero-order valence-corrected chi connectivity index (χ0v) is 15.8. The Kier molecular flexibility index (Phi) is 4.20. The molecule has 2 bridgehead atoms. The molecule has 0 radical (unpaired) electrons. The van der Waals surface area contributed by atoms with Gasteiger partial charge in [-0.1, -0.05) is 0 Å². The van der Waals surface area contributed by atoms with E-state index in [0.717, 1.165) is 45.0 Å². The molecule has 3 aliphatic rings. The molecule has 8 heteroatoms. The fraction of sp³-hybridized carbons (Fsp3) is 0.400. The summed E-state index contributed by atoms with van der Waals surface area (Å²) < 4.78 is 6.69. The number of fused-ring (bicyclic) bond motifs is 5. The number of ether oxygens (including phenoxy) is 1. The number of benzene rings is 1. The Morgan fingerprint density at radius 2 is 1.82 bits per heavy atom. The third-order valence-electron chi connectivity index (χ3n) is 5.78. The zero-order valence-electron chi connectivity index (χ0n) is 15.8. The van der Waals surface area contributed by atoms with E-state index in [1.807, 2.05) is 0 Å². The first kappa shape index (κ1) is 17.1. The highest BCUT2D eigenvalue weighted by molar-refractivity contribution is 5.79. The highest BCUT2D eigenvalue weighted by atomic mass is 16.5. The van der Waals surface area contributed by atoms with Crippen LogP contribution in [0.15, 0.2) is 41.7 Å². The third kappa shape index (κ3) is 2.90. The molecule has 1 aromatic carbocycles. The van der Waals surface area contributed by atoms with Gasteiger partial charge in [-0.3, -0.25) is 9.36 Å². The first-order valence-electron chi connectivity index (χ1n) is 9.60. The normalized spacial score (nSPS) is 21.7. The molecule has 144 valence electrons. The van der Waals surface area contributed by atoms with Crippen LogP contribution in [0.3, 0.4) is 0 Å². The summed E-state index contributed by atoms with van der Waals surface area (Å²) in [4.78, 5) is 31.2. The summed E-state index contributed by atoms with van der Waals surface area (Å²) >= 11 is 0. The maximum absolute atomic E-state index is 12.9. The second-order valence-corrected chi connectivity index (χ2v) is 7.31. The molecule has 3 saturated heterocycles. The Hall–Kier alpha value is -3.00. The molecule has 0 amide bonds. The van der Waals surface area contributed by atoms with Crippen LogP contribution in [-0.2, 0) is 0 Å². The first-order chi connectivity index (χ1) is 13.7. The van der Waals surface area contributed by atoms with Crippen LogP contribution in [0, 0.1) is 0 Å². The van der Waals surface area contributed by atoms with Crippen LogP contribution in [0.2, 0.25) is 0 Å². The number of piperidine rings is 1. The number of aromatic nitrogens is 4. The van der Waals surface area contributed by atoms with Gasteiger partial charge in [-0.15, -0.1) is 0 Å². The summed E-state index contributed by atoms with van der Waals surface area (Å²) in [6, 6.07) is 5.76. The Labute approximate surface area is 162 Å². The van der Waals surface area contributed by atoms with E-state index in [9.17, 15) is 4.79 Å². The van der Waals surface area contributed by atoms with Crippen molar-refractivity contribution in [3.05, 3.63) is 47.3 Å². The van der Waals surface area contributed by atoms with Crippen LogP contribution in [0.4, 0.5) is 5.95 Å². The van der Waals surface area contributed by atoms with Gasteiger partial charge in [0.1, 0.15) is 12.1 Å². The minimum atomic E-state index is -0.148. The molecule has 0 unspecified atom stereocenters. The average molecular weight is 378 g/mol. The van der Waals surface area contributed by atoms with Crippen molar-refractivity contribution in [2.24, 2.45) is 0 Å². The number of nitrogens with zero attached hydrogens (tertiary/aromatic N) is 6. The van der Waals surface area contributed by atoms with Gasteiger partial charge in [0, 0.05) is 38.3 Å². The Balaban J connectivity index is 1.47. The molecule has 3 aliphatic heterocycles. The summed E-state index contributed by atoms with van der Waals surface area (Å²) in [5.74, 6) is 1.41. The Morgan fingerprint density at radius 1 is 1.04 bits per heavy atom. The number of anilines is 1. The van der Waals surface area contributed by atoms with Crippen LogP contribution >= 0.6 is 0 Å². The second-order valence-electron chi connectivity index (χ2n) is 7.31. The van der Waals surface area contributed by atoms with Crippen LogP contribution < -0.4 is 15.2 Å². The molecule has 0 N–H and O–H groups in total. The zero-order chi connectivity index (χ0) is 19.1. The lowest BCUT2D eigenvalue weighted by molar-refractivity contribution is 0.250. The van der Waals surface area contributed by atoms with Crippen molar-refractivity contribution in [2.75, 3.05) is 38.2 Å². The fourth-order valence-electron chi connectivity index (χ4n) is 4.15. The highest BCUT2D eigenvalue weighted by Crippen LogP contribution is 2.24. The highest BCUT2D eigenvalue weighted by Gasteiger charge is 2.30. The predicted octanol–water partition coefficient (Wildman–Crippen LogP) is 1.47. The van der Waals surface area contributed by atoms with E-state index in [1.54, 1.807) is 37.7 Å². The first-order valence-corrected chi connectivity index (χ1v) is 9.60. The van der Waals surface area contributed by atoms with Crippen molar-refractivity contribution in [3.63, 3.8) is 0 Å². The monoisotopic (exact) mass is 378 g/mol. The topological polar surface area (TPSA) is 76.4 Å². The number of methoxy groups -OCH3 is 1. The molecular weight excluding hydrogens is 356 g/mol. The van der Waals surface area contributed by atoms with Crippen molar-refractivity contribution in [2.45, 2.75) is 18.9 Å². The van der Waals surface area contributed by atoms with Gasteiger partial charge in [0.15, 0.2) is 0 Å². The smallest absolute Gasteiger partial charge is 0.265 e. The van der Waals surface area contributed by atoms with Crippen LogP contribution in [0.25, 0.3) is 16.6 Å². The molecule has 0 spiro atoms. The molecule has 8 nitrogen and oxygen atoms in total. The third-order valence-corrected chi connectivity index (χ3v) is 5.78. The van der Waals surface area contributed by atoms with Gasteiger partial charge in [-0.25, -0.2) is 15.0 Å². The van der Waals surface area contributed by atoms with Gasteiger partial charge < -0.3 is 14.5 Å². The summed E-state index contributed by atoms with van der Waals surface area (Å²) in [7, 11) is 1.59. The fourth-order valence-corrected chi connectivity index (χ4v) is 4.15. The molecule has 5 heterocycles. The van der Waals surface area contributed by atoms with Crippen molar-refractivity contribution in [1.29, 1.82) is 0 Å². The van der Waals surface area contributed by atoms with Crippen LogP contribution in [0.1, 0.15) is 12.8 Å². The Bertz CT molecular complexity index is 1060. The average Bonchev–Trinajstić information content (AvgIpc) is 3.08. The molecule has 6 rings (SSSR count). The Morgan fingerprint density at radius 3 is 2.57 bits per heavy atom. The van der Waals surface area contributed by atoms with Crippen molar-refractivity contribution >= 4 is 16.9 Å². The van der Waals surface area contributed by atoms with Gasteiger partial charge in [0.05, 0.1) is 36.1 Å². The predicted molar refractivity (Wildman–Crippen MR) is 106 cm³/mol. The van der Waals surface area contributed by atoms with E-state index in [-0.39, 0.29) is 5.56 Å². The standard InChI is InChI=1S/C20H22N6O2/c1-28-16-2-3-17-18(10-16)23-13-26(19(17)27)15-11-21-20(22-12-15)25-9-8-24-6-4-14(25)5-7-24/h2-3,10-14H,4-9H2,1H3. The van der Waals surface area contributed by atoms with E-state index in [2.05, 4.69) is 24.8 Å². The second kappa shape index (κ2) is 6.87. The van der Waals surface area contributed by atoms with Gasteiger partial charge in [-0.2, -0.15) is 0 Å². The van der Waals surface area contributed by atoms with Crippen molar-refractivity contribution < 1.29 is 4.74 Å². The van der Waals surface area contributed by atoms with Gasteiger partial charge >= 0.3 is 0 Å². The minimum Gasteiger partial charge on any atom is -0.497 e. The van der Waals surface area contributed by atoms with Gasteiger partial charge in [0.25, 0.3) is 5.56 Å². The quantitative estimate of drug-likeness (QED) is 0.683. The maximum atomic E-state index is 12.9. The summed E-state index contributed by atoms with van der Waals surface area (Å²) in [6.45, 7) is 4.31. The van der Waals surface area contributed by atoms with Gasteiger partial charge in [0.2, 0.25) is 5.95 Å². The SMILES string of the molecule is COc1ccc2c(=O)n(-c3cnc(N4CCN5CCC4CC5)nc3)cnc2c1. The lowest BCUT2D eigenvalue weighted by Crippen LogP contribution is -2.38.